The minimum absolute atomic E-state index is 0.00274. The Morgan fingerprint density at radius 2 is 1.18 bits per heavy atom. The number of nitrogens with zero attached hydrogens (tertiary/aromatic N) is 2. The second-order valence-electron chi connectivity index (χ2n) is 29.2. The first-order valence-corrected chi connectivity index (χ1v) is 37.3. The van der Waals surface area contributed by atoms with Crippen molar-refractivity contribution < 1.29 is 53.1 Å². The molecule has 0 fully saturated rings. The van der Waals surface area contributed by atoms with Gasteiger partial charge in [0, 0.05) is 90.4 Å². The quantitative estimate of drug-likeness (QED) is 0.0404. The highest BCUT2D eigenvalue weighted by atomic mass is 16.3. The molecular weight excluding hydrogens is 1360 g/mol. The number of hydrogen-bond acceptors (Lipinski definition) is 12. The Morgan fingerprint density at radius 3 is 1.86 bits per heavy atom. The number of benzene rings is 7. The number of nitrogens with two attached hydrogens (primary N) is 2. The highest BCUT2D eigenvalue weighted by molar-refractivity contribution is 6.08. The van der Waals surface area contributed by atoms with Crippen LogP contribution in [0.25, 0.3) is 32.4 Å². The molecule has 11 rings (SSSR count). The predicted molar refractivity (Wildman–Crippen MR) is 422 cm³/mol. The molecule has 7 atom stereocenters. The van der Waals surface area contributed by atoms with Gasteiger partial charge in [0.05, 0.1) is 17.9 Å². The summed E-state index contributed by atoms with van der Waals surface area (Å²) in [6.07, 6.45) is 15.7. The fourth-order valence-electron chi connectivity index (χ4n) is 15.2. The van der Waals surface area contributed by atoms with Crippen molar-refractivity contribution in [1.82, 2.24) is 42.2 Å². The van der Waals surface area contributed by atoms with Gasteiger partial charge in [0.25, 0.3) is 0 Å². The molecule has 22 nitrogen and oxygen atoms in total. The fraction of sp³-hybridized carbons (Fsp3) is 0.337. The summed E-state index contributed by atoms with van der Waals surface area (Å²) in [6, 6.07) is 39.2. The number of rotatable bonds is 12. The smallest absolute Gasteiger partial charge is 0.245 e. The molecule has 0 saturated heterocycles. The van der Waals surface area contributed by atoms with Gasteiger partial charge in [-0.25, -0.2) is 0 Å². The third-order valence-corrected chi connectivity index (χ3v) is 20.8. The second kappa shape index (κ2) is 35.3. The first kappa shape index (κ1) is 77.6. The van der Waals surface area contributed by atoms with E-state index < -0.39 is 94.5 Å². The van der Waals surface area contributed by atoms with Crippen molar-refractivity contribution in [3.05, 3.63) is 234 Å². The number of phenolic OH excluding ortho intramolecular Hbond substituents is 1. The van der Waals surface area contributed by atoms with Gasteiger partial charge in [0.2, 0.25) is 52.9 Å². The number of aliphatic hydroxyl groups excluding tert-OH is 1. The number of hydrogen-bond donors (Lipinski definition) is 12. The number of primary amides is 1. The van der Waals surface area contributed by atoms with Crippen LogP contribution in [0.3, 0.4) is 0 Å². The van der Waals surface area contributed by atoms with Gasteiger partial charge >= 0.3 is 0 Å². The Labute approximate surface area is 629 Å². The van der Waals surface area contributed by atoms with Crippen LogP contribution in [0.15, 0.2) is 206 Å². The topological polar surface area (TPSA) is 335 Å². The molecule has 0 radical (unpaired) electrons. The predicted octanol–water partition coefficient (Wildman–Crippen LogP) is 8.62. The number of phenols is 1. The first-order chi connectivity index (χ1) is 52.0. The molecule has 0 unspecified atom stereocenters. The number of aromatic hydroxyl groups is 1. The zero-order chi connectivity index (χ0) is 76.7. The van der Waals surface area contributed by atoms with Crippen molar-refractivity contribution in [3.8, 4) is 5.75 Å². The third kappa shape index (κ3) is 18.5. The third-order valence-electron chi connectivity index (χ3n) is 20.8. The molecule has 8 amide bonds. The lowest BCUT2D eigenvalue weighted by atomic mass is 9.79. The maximum Gasteiger partial charge on any atom is 0.245 e. The van der Waals surface area contributed by atoms with E-state index in [9.17, 15) is 34.2 Å². The molecule has 562 valence electrons. The van der Waals surface area contributed by atoms with E-state index in [2.05, 4.69) is 140 Å². The monoisotopic (exact) mass is 1460 g/mol. The maximum atomic E-state index is 15.4. The molecule has 22 heteroatoms. The zero-order valence-corrected chi connectivity index (χ0v) is 61.9. The Bertz CT molecular complexity index is 4800. The maximum absolute atomic E-state index is 15.4. The Kier molecular flexibility index (Phi) is 25.3. The van der Waals surface area contributed by atoms with E-state index in [0.29, 0.717) is 43.4 Å². The normalized spacial score (nSPS) is 21.5. The number of aliphatic hydroxyl groups is 1. The van der Waals surface area contributed by atoms with E-state index in [1.807, 2.05) is 109 Å². The van der Waals surface area contributed by atoms with Gasteiger partial charge in [-0.3, -0.25) is 38.4 Å². The number of allylic oxidation sites excluding steroid dienone is 8. The van der Waals surface area contributed by atoms with Crippen LogP contribution < -0.4 is 53.6 Å². The van der Waals surface area contributed by atoms with Crippen LogP contribution in [0.1, 0.15) is 114 Å². The Balaban J connectivity index is 0.939. The number of unbranched alkanes of at least 4 members (excludes halogenated alkanes) is 1. The molecule has 14 N–H and O–H groups in total. The summed E-state index contributed by atoms with van der Waals surface area (Å²) in [5, 5.41) is 46.6. The van der Waals surface area contributed by atoms with Crippen LogP contribution in [-0.2, 0) is 68.4 Å². The van der Waals surface area contributed by atoms with Crippen LogP contribution in [0.5, 0.6) is 5.75 Å². The average molecular weight is 1460 g/mol. The van der Waals surface area contributed by atoms with Crippen molar-refractivity contribution in [2.24, 2.45) is 11.5 Å². The summed E-state index contributed by atoms with van der Waals surface area (Å²) in [7, 11) is 0. The number of amides is 8. The van der Waals surface area contributed by atoms with Crippen molar-refractivity contribution in [2.45, 2.75) is 158 Å². The number of carbonyl (C=O) groups is 8. The van der Waals surface area contributed by atoms with Gasteiger partial charge in [-0.2, -0.15) is 4.58 Å². The number of fused-ring (bicyclic) bond motifs is 10. The molecule has 8 aromatic rings. The number of carbonyl (C=O) groups excluding carboxylic acids is 8. The number of aromatic amines is 1. The summed E-state index contributed by atoms with van der Waals surface area (Å²) in [5.74, 6) is -5.65. The van der Waals surface area contributed by atoms with Gasteiger partial charge < -0.3 is 68.8 Å². The molecule has 0 bridgehead atoms. The number of H-pyrrole nitrogens is 1. The summed E-state index contributed by atoms with van der Waals surface area (Å²) >= 11 is 0. The standard InChI is InChI=1S/C86H98N12O10/c1-54(99)78-84(108)92-65(79(88)103)32-21-23-47-89-74(101)44-48-97-70-42-38-57-26-14-16-29-62(57)76(70)85(2,3)72(97)34-12-7-6-8-13-35-73-86(4,5)77-63-30-17-15-27-58(63)39-43-71(77)98(73)49-45-75(102)91-67(50-55-24-10-9-11-25-55)81(105)94-68(51-56-36-40-60(100)41-37-56)82(106)95-69(52-59-53-90-64-31-19-18-28-61(59)64)83(107)93-66(80(104)96-78)33-20-22-46-87/h6-19,24-31,34-43,53-54,65-69,78,90,99H,20-23,32-33,44-52,87H2,1-5H3,(H9-,88,89,91,92,93,94,95,96,100,101,102,103,104,105,106,107,108)/p+1/t54-,65+,66+,67-,68+,69-,78+/m1/s1. The first-order valence-electron chi connectivity index (χ1n) is 37.3. The van der Waals surface area contributed by atoms with Gasteiger partial charge in [0.15, 0.2) is 12.3 Å². The van der Waals surface area contributed by atoms with Gasteiger partial charge in [-0.05, 0) is 146 Å². The lowest BCUT2D eigenvalue weighted by molar-refractivity contribution is -0.436. The SMILES string of the molecule is C[C@@H](O)[C@@H]1NC(=O)[C@H](CCCCN)NC(=O)[C@@H](Cc2c[nH]c3ccccc23)NC(=O)[C@H](Cc2ccc(O)cc2)NC(=O)[C@@H](Cc2ccccc2)NC(=O)CC[N+]2=C(C=CC=CC=CC=C3N(CCC(=O)NCCCC[C@@H](C(N)=O)NC1=O)c1ccc4ccccc4c1C3(C)C)C(C)(C)c1c2ccc2ccccc12. The molecule has 7 aromatic carbocycles. The van der Waals surface area contributed by atoms with Crippen LogP contribution >= 0.6 is 0 Å². The molecule has 0 aliphatic carbocycles. The van der Waals surface area contributed by atoms with Crippen LogP contribution in [0.4, 0.5) is 11.4 Å². The van der Waals surface area contributed by atoms with E-state index >= 15 is 14.4 Å². The minimum Gasteiger partial charge on any atom is -0.508 e. The number of anilines is 1. The summed E-state index contributed by atoms with van der Waals surface area (Å²) in [6.45, 7) is 11.1. The number of para-hydroxylation sites is 1. The second-order valence-corrected chi connectivity index (χ2v) is 29.2. The highest BCUT2D eigenvalue weighted by Crippen LogP contribution is 2.51. The highest BCUT2D eigenvalue weighted by Gasteiger charge is 2.46. The van der Waals surface area contributed by atoms with Crippen molar-refractivity contribution >= 4 is 96.8 Å². The largest absolute Gasteiger partial charge is 0.508 e. The van der Waals surface area contributed by atoms with Crippen molar-refractivity contribution in [1.29, 1.82) is 0 Å². The molecule has 0 spiro atoms. The van der Waals surface area contributed by atoms with Gasteiger partial charge in [-0.15, -0.1) is 0 Å². The lowest BCUT2D eigenvalue weighted by Gasteiger charge is -2.28. The van der Waals surface area contributed by atoms with E-state index in [-0.39, 0.29) is 76.2 Å². The van der Waals surface area contributed by atoms with E-state index in [1.54, 1.807) is 18.3 Å². The number of nitrogens with one attached hydrogen (secondary N) is 8. The molecule has 1 aromatic heterocycles. The average Bonchev–Trinajstić information content (AvgIpc) is 1.58. The Hall–Kier alpha value is -11.5. The minimum atomic E-state index is -1.65. The van der Waals surface area contributed by atoms with Gasteiger partial charge in [0.1, 0.15) is 42.0 Å². The molecule has 0 saturated carbocycles. The van der Waals surface area contributed by atoms with E-state index in [0.717, 1.165) is 71.9 Å². The van der Waals surface area contributed by atoms with E-state index in [1.165, 1.54) is 19.1 Å². The fourth-order valence-corrected chi connectivity index (χ4v) is 15.2. The summed E-state index contributed by atoms with van der Waals surface area (Å²) in [5.41, 5.74) is 19.5. The van der Waals surface area contributed by atoms with Gasteiger partial charge in [-0.1, -0.05) is 159 Å². The molecule has 3 aliphatic heterocycles. The van der Waals surface area contributed by atoms with Crippen molar-refractivity contribution in [2.75, 3.05) is 31.1 Å². The number of aromatic nitrogens is 1. The molecule has 108 heavy (non-hydrogen) atoms. The molecular formula is C86H99N12O10+. The van der Waals surface area contributed by atoms with Crippen molar-refractivity contribution in [3.63, 3.8) is 0 Å². The lowest BCUT2D eigenvalue weighted by Crippen LogP contribution is -2.61. The Morgan fingerprint density at radius 1 is 0.583 bits per heavy atom. The van der Waals surface area contributed by atoms with Crippen LogP contribution in [0, 0.1) is 0 Å². The zero-order valence-electron chi connectivity index (χ0n) is 61.9. The van der Waals surface area contributed by atoms with Crippen LogP contribution in [-0.4, -0.2) is 141 Å². The molecule has 3 aliphatic rings. The summed E-state index contributed by atoms with van der Waals surface area (Å²) < 4.78 is 2.16. The van der Waals surface area contributed by atoms with Crippen LogP contribution in [0.2, 0.25) is 0 Å². The molecule has 4 heterocycles. The summed E-state index contributed by atoms with van der Waals surface area (Å²) in [4.78, 5) is 122. The van der Waals surface area contributed by atoms with E-state index in [4.69, 9.17) is 11.5 Å².